The second-order valence-electron chi connectivity index (χ2n) is 9.84. The maximum atomic E-state index is 12.9. The second-order valence-corrected chi connectivity index (χ2v) is 11.9. The number of amides is 2. The van der Waals surface area contributed by atoms with Crippen LogP contribution in [0, 0.1) is 5.41 Å². The summed E-state index contributed by atoms with van der Waals surface area (Å²) in [6, 6.07) is 7.06. The Balaban J connectivity index is 1.06. The van der Waals surface area contributed by atoms with Crippen LogP contribution in [0.4, 0.5) is 4.79 Å². The number of sulfone groups is 1. The lowest BCUT2D eigenvalue weighted by atomic mass is 9.49. The van der Waals surface area contributed by atoms with Gasteiger partial charge in [-0.1, -0.05) is 18.2 Å². The number of carbonyl (C=O) groups excluding carboxylic acids is 1. The summed E-state index contributed by atoms with van der Waals surface area (Å²) in [5.74, 6) is 0.310. The number of aliphatic imine (C=N–C) groups is 1. The van der Waals surface area contributed by atoms with Crippen molar-refractivity contribution in [3.8, 4) is 0 Å². The molecule has 3 aliphatic carbocycles. The zero-order chi connectivity index (χ0) is 23.7. The van der Waals surface area contributed by atoms with Crippen LogP contribution in [0.5, 0.6) is 0 Å². The third kappa shape index (κ3) is 3.35. The van der Waals surface area contributed by atoms with Gasteiger partial charge in [0.2, 0.25) is 6.34 Å². The van der Waals surface area contributed by atoms with Crippen LogP contribution in [-0.4, -0.2) is 59.6 Å². The van der Waals surface area contributed by atoms with Gasteiger partial charge in [-0.05, 0) is 55.4 Å². The minimum atomic E-state index is -3.33. The number of rotatable bonds is 3. The zero-order valence-corrected chi connectivity index (χ0v) is 19.4. The van der Waals surface area contributed by atoms with Crippen molar-refractivity contribution >= 4 is 38.7 Å². The monoisotopic (exact) mass is 478 g/mol. The van der Waals surface area contributed by atoms with E-state index in [2.05, 4.69) is 20.5 Å². The number of aromatic amines is 1. The Kier molecular flexibility index (Phi) is 4.54. The van der Waals surface area contributed by atoms with E-state index < -0.39 is 9.84 Å². The lowest BCUT2D eigenvalue weighted by Gasteiger charge is -2.56. The molecule has 1 unspecified atom stereocenters. The van der Waals surface area contributed by atoms with Gasteiger partial charge in [-0.25, -0.2) is 18.3 Å². The zero-order valence-electron chi connectivity index (χ0n) is 18.6. The number of allylic oxidation sites excluding steroid dienone is 1. The standard InChI is InChI=1S/C24H23N5O4S/c1-34(32,33)16-6-7-20-19(8-16)25-13-29(20)23(31)26-15-11-24(12-15)9-14(10-24)21-17-4-2-3-5-18(17)22(30)28-27-21/h2-8,13-15,20H,9-12H2,1H3,(H-,26,28,30,31)/p+1. The Labute approximate surface area is 195 Å². The number of benzene rings is 1. The van der Waals surface area contributed by atoms with Crippen molar-refractivity contribution < 1.29 is 17.8 Å². The fourth-order valence-electron chi connectivity index (χ4n) is 5.82. The molecule has 174 valence electrons. The molecule has 10 heteroatoms. The topological polar surface area (TPSA) is 124 Å². The molecule has 0 bridgehead atoms. The molecule has 2 aromatic rings. The van der Waals surface area contributed by atoms with E-state index in [9.17, 15) is 18.0 Å². The number of carbonyl (C=O) groups is 1. The first-order valence-electron chi connectivity index (χ1n) is 11.3. The van der Waals surface area contributed by atoms with Crippen LogP contribution < -0.4 is 10.9 Å². The SMILES string of the molecule is CS(=O)(=O)C1=CC2=NC=[N+](C(=O)NC3CC4(C3)CC(c3n[nH]c(=O)c5ccccc35)C4)C2C=C1. The molecule has 1 atom stereocenters. The highest BCUT2D eigenvalue weighted by atomic mass is 32.2. The van der Waals surface area contributed by atoms with Crippen molar-refractivity contribution in [2.24, 2.45) is 10.4 Å². The van der Waals surface area contributed by atoms with E-state index in [1.807, 2.05) is 24.3 Å². The predicted octanol–water partition coefficient (Wildman–Crippen LogP) is 2.02. The Morgan fingerprint density at radius 2 is 1.91 bits per heavy atom. The smallest absolute Gasteiger partial charge is 0.268 e. The van der Waals surface area contributed by atoms with Crippen LogP contribution in [0.2, 0.25) is 0 Å². The van der Waals surface area contributed by atoms with Crippen LogP contribution >= 0.6 is 0 Å². The maximum Gasteiger partial charge on any atom is 0.437 e. The molecule has 34 heavy (non-hydrogen) atoms. The van der Waals surface area contributed by atoms with Crippen molar-refractivity contribution in [1.82, 2.24) is 15.5 Å². The van der Waals surface area contributed by atoms with Gasteiger partial charge in [0, 0.05) is 17.6 Å². The summed E-state index contributed by atoms with van der Waals surface area (Å²) in [6.45, 7) is 0. The Bertz CT molecular complexity index is 1520. The Morgan fingerprint density at radius 3 is 2.65 bits per heavy atom. The molecule has 2 amide bonds. The van der Waals surface area contributed by atoms with Gasteiger partial charge in [0.05, 0.1) is 22.0 Å². The third-order valence-corrected chi connectivity index (χ3v) is 8.60. The van der Waals surface area contributed by atoms with Crippen molar-refractivity contribution in [3.05, 3.63) is 63.4 Å². The number of nitrogens with one attached hydrogen (secondary N) is 2. The van der Waals surface area contributed by atoms with Gasteiger partial charge in [0.25, 0.3) is 5.56 Å². The van der Waals surface area contributed by atoms with Crippen molar-refractivity contribution in [3.63, 3.8) is 0 Å². The van der Waals surface area contributed by atoms with E-state index in [0.29, 0.717) is 17.0 Å². The summed E-state index contributed by atoms with van der Waals surface area (Å²) in [5.41, 5.74) is 1.55. The highest BCUT2D eigenvalue weighted by molar-refractivity contribution is 7.94. The quantitative estimate of drug-likeness (QED) is 0.653. The van der Waals surface area contributed by atoms with E-state index in [0.717, 1.165) is 43.0 Å². The van der Waals surface area contributed by atoms with E-state index in [4.69, 9.17) is 0 Å². The number of urea groups is 1. The van der Waals surface area contributed by atoms with Crippen LogP contribution in [0.1, 0.15) is 37.3 Å². The molecule has 0 saturated heterocycles. The average Bonchev–Trinajstić information content (AvgIpc) is 3.18. The third-order valence-electron chi connectivity index (χ3n) is 7.49. The molecule has 2 fully saturated rings. The van der Waals surface area contributed by atoms with Crippen molar-refractivity contribution in [1.29, 1.82) is 0 Å². The molecular formula is C24H24N5O4S+. The van der Waals surface area contributed by atoms with Crippen molar-refractivity contribution in [2.75, 3.05) is 6.26 Å². The molecule has 6 rings (SSSR count). The maximum absolute atomic E-state index is 12.9. The number of nitrogens with zero attached hydrogens (tertiary/aromatic N) is 3. The summed E-state index contributed by atoms with van der Waals surface area (Å²) in [5, 5.41) is 11.7. The highest BCUT2D eigenvalue weighted by Crippen LogP contribution is 2.62. The molecule has 2 saturated carbocycles. The van der Waals surface area contributed by atoms with Gasteiger partial charge in [-0.3, -0.25) is 10.1 Å². The lowest BCUT2D eigenvalue weighted by molar-refractivity contribution is -0.432. The van der Waals surface area contributed by atoms with Crippen molar-refractivity contribution in [2.45, 2.75) is 43.7 Å². The predicted molar refractivity (Wildman–Crippen MR) is 128 cm³/mol. The molecule has 0 radical (unpaired) electrons. The molecule has 1 aromatic heterocycles. The highest BCUT2D eigenvalue weighted by Gasteiger charge is 2.55. The van der Waals surface area contributed by atoms with Gasteiger partial charge in [0.15, 0.2) is 21.6 Å². The normalized spacial score (nSPS) is 29.6. The largest absolute Gasteiger partial charge is 0.437 e. The lowest BCUT2D eigenvalue weighted by Crippen LogP contribution is -2.57. The van der Waals surface area contributed by atoms with Gasteiger partial charge in [0.1, 0.15) is 0 Å². The average molecular weight is 479 g/mol. The molecule has 2 N–H and O–H groups in total. The van der Waals surface area contributed by atoms with E-state index >= 15 is 0 Å². The van der Waals surface area contributed by atoms with E-state index in [-0.39, 0.29) is 34.0 Å². The summed E-state index contributed by atoms with van der Waals surface area (Å²) < 4.78 is 25.1. The van der Waals surface area contributed by atoms with E-state index in [1.165, 1.54) is 23.1 Å². The summed E-state index contributed by atoms with van der Waals surface area (Å²) in [6.07, 6.45) is 11.2. The minimum absolute atomic E-state index is 0.0980. The molecule has 2 heterocycles. The number of fused-ring (bicyclic) bond motifs is 2. The molecule has 9 nitrogen and oxygen atoms in total. The fraction of sp³-hybridized carbons (Fsp3) is 0.375. The van der Waals surface area contributed by atoms with Gasteiger partial charge >= 0.3 is 6.03 Å². The van der Waals surface area contributed by atoms with E-state index in [1.54, 1.807) is 6.08 Å². The summed E-state index contributed by atoms with van der Waals surface area (Å²) in [7, 11) is -3.33. The number of aromatic nitrogens is 2. The summed E-state index contributed by atoms with van der Waals surface area (Å²) in [4.78, 5) is 29.3. The molecule has 1 spiro atoms. The van der Waals surface area contributed by atoms with Gasteiger partial charge in [-0.15, -0.1) is 4.99 Å². The summed E-state index contributed by atoms with van der Waals surface area (Å²) >= 11 is 0. The molecule has 1 aromatic carbocycles. The van der Waals surface area contributed by atoms with Gasteiger partial charge < -0.3 is 0 Å². The van der Waals surface area contributed by atoms with Crippen LogP contribution in [0.15, 0.2) is 57.2 Å². The first kappa shape index (κ1) is 21.2. The van der Waals surface area contributed by atoms with Crippen LogP contribution in [0.3, 0.4) is 0 Å². The second kappa shape index (κ2) is 7.30. The first-order chi connectivity index (χ1) is 16.2. The number of hydrogen-bond acceptors (Lipinski definition) is 6. The fourth-order valence-corrected chi connectivity index (χ4v) is 6.48. The van der Waals surface area contributed by atoms with Crippen LogP contribution in [0.25, 0.3) is 10.8 Å². The molecule has 4 aliphatic rings. The number of H-pyrrole nitrogens is 1. The first-order valence-corrected chi connectivity index (χ1v) is 13.2. The molecular weight excluding hydrogens is 454 g/mol. The van der Waals surface area contributed by atoms with Crippen LogP contribution in [-0.2, 0) is 9.84 Å². The molecule has 1 aliphatic heterocycles. The Hall–Kier alpha value is -3.40. The van der Waals surface area contributed by atoms with Gasteiger partial charge in [-0.2, -0.15) is 9.67 Å². The number of hydrogen-bond donors (Lipinski definition) is 2. The Morgan fingerprint density at radius 1 is 1.18 bits per heavy atom. The minimum Gasteiger partial charge on any atom is -0.268 e.